The molecular weight excluding hydrogens is 312 g/mol. The fourth-order valence-corrected chi connectivity index (χ4v) is 4.24. The summed E-state index contributed by atoms with van der Waals surface area (Å²) in [6.07, 6.45) is 1.45. The van der Waals surface area contributed by atoms with Gasteiger partial charge < -0.3 is 14.7 Å². The standard InChI is InChI=1S/C21H26N2O2/c1-25-21-9-5-4-8-18(21)22-10-12-23(13-11-22)19-14-16-6-2-3-7-17(16)15-20(19)24/h2-9,19-20,24H,10-15H2,1H3/t19-,20-/m0/s1. The zero-order valence-electron chi connectivity index (χ0n) is 14.8. The largest absolute Gasteiger partial charge is 0.495 e. The summed E-state index contributed by atoms with van der Waals surface area (Å²) < 4.78 is 5.50. The van der Waals surface area contributed by atoms with Crippen LogP contribution in [-0.4, -0.2) is 55.4 Å². The van der Waals surface area contributed by atoms with Crippen LogP contribution in [-0.2, 0) is 12.8 Å². The summed E-state index contributed by atoms with van der Waals surface area (Å²) >= 11 is 0. The number of nitrogens with zero attached hydrogens (tertiary/aromatic N) is 2. The van der Waals surface area contributed by atoms with Crippen molar-refractivity contribution in [1.82, 2.24) is 4.90 Å². The maximum absolute atomic E-state index is 10.7. The molecule has 0 spiro atoms. The molecule has 1 aliphatic heterocycles. The number of hydrogen-bond donors (Lipinski definition) is 1. The first kappa shape index (κ1) is 16.4. The van der Waals surface area contributed by atoms with E-state index in [0.717, 1.165) is 44.8 Å². The third kappa shape index (κ3) is 3.24. The van der Waals surface area contributed by atoms with Crippen molar-refractivity contribution in [2.75, 3.05) is 38.2 Å². The Morgan fingerprint density at radius 3 is 2.24 bits per heavy atom. The normalized spacial score (nSPS) is 24.0. The zero-order valence-corrected chi connectivity index (χ0v) is 14.8. The number of aliphatic hydroxyl groups excluding tert-OH is 1. The average molecular weight is 338 g/mol. The lowest BCUT2D eigenvalue weighted by molar-refractivity contribution is 0.0395. The average Bonchev–Trinajstić information content (AvgIpc) is 2.67. The van der Waals surface area contributed by atoms with Gasteiger partial charge in [0.05, 0.1) is 18.9 Å². The maximum Gasteiger partial charge on any atom is 0.142 e. The van der Waals surface area contributed by atoms with Crippen LogP contribution < -0.4 is 9.64 Å². The molecule has 2 aromatic rings. The van der Waals surface area contributed by atoms with Crippen LogP contribution in [0.5, 0.6) is 5.75 Å². The second-order valence-corrected chi connectivity index (χ2v) is 7.01. The Bertz CT molecular complexity index is 725. The van der Waals surface area contributed by atoms with Gasteiger partial charge in [-0.3, -0.25) is 4.90 Å². The predicted octanol–water partition coefficient (Wildman–Crippen LogP) is 2.35. The molecule has 2 aromatic carbocycles. The first-order chi connectivity index (χ1) is 12.3. The van der Waals surface area contributed by atoms with Crippen LogP contribution in [0, 0.1) is 0 Å². The molecule has 25 heavy (non-hydrogen) atoms. The molecule has 1 heterocycles. The molecule has 4 rings (SSSR count). The molecule has 132 valence electrons. The number of aliphatic hydroxyl groups is 1. The van der Waals surface area contributed by atoms with E-state index in [-0.39, 0.29) is 12.1 Å². The van der Waals surface area contributed by atoms with Crippen molar-refractivity contribution < 1.29 is 9.84 Å². The van der Waals surface area contributed by atoms with Gasteiger partial charge in [0.25, 0.3) is 0 Å². The molecule has 1 fully saturated rings. The quantitative estimate of drug-likeness (QED) is 0.932. The van der Waals surface area contributed by atoms with Gasteiger partial charge in [0.2, 0.25) is 0 Å². The number of benzene rings is 2. The molecule has 2 aliphatic rings. The number of rotatable bonds is 3. The van der Waals surface area contributed by atoms with Gasteiger partial charge in [0, 0.05) is 38.6 Å². The molecule has 0 unspecified atom stereocenters. The van der Waals surface area contributed by atoms with Crippen molar-refractivity contribution >= 4 is 5.69 Å². The van der Waals surface area contributed by atoms with Crippen molar-refractivity contribution in [2.45, 2.75) is 25.0 Å². The number of anilines is 1. The Kier molecular flexibility index (Phi) is 4.64. The van der Waals surface area contributed by atoms with Gasteiger partial charge >= 0.3 is 0 Å². The van der Waals surface area contributed by atoms with Crippen LogP contribution in [0.2, 0.25) is 0 Å². The zero-order chi connectivity index (χ0) is 17.2. The lowest BCUT2D eigenvalue weighted by Gasteiger charge is -2.43. The van der Waals surface area contributed by atoms with Crippen LogP contribution in [0.4, 0.5) is 5.69 Å². The van der Waals surface area contributed by atoms with E-state index in [4.69, 9.17) is 4.74 Å². The molecular formula is C21H26N2O2. The molecule has 4 heteroatoms. The molecule has 0 radical (unpaired) electrons. The van der Waals surface area contributed by atoms with E-state index in [9.17, 15) is 5.11 Å². The lowest BCUT2D eigenvalue weighted by Crippen LogP contribution is -2.56. The minimum atomic E-state index is -0.271. The van der Waals surface area contributed by atoms with E-state index < -0.39 is 0 Å². The van der Waals surface area contributed by atoms with Crippen LogP contribution in [0.1, 0.15) is 11.1 Å². The molecule has 0 amide bonds. The summed E-state index contributed by atoms with van der Waals surface area (Å²) in [7, 11) is 1.73. The van der Waals surface area contributed by atoms with Crippen molar-refractivity contribution in [2.24, 2.45) is 0 Å². The van der Waals surface area contributed by atoms with Crippen LogP contribution >= 0.6 is 0 Å². The first-order valence-corrected chi connectivity index (χ1v) is 9.13. The Morgan fingerprint density at radius 2 is 1.52 bits per heavy atom. The van der Waals surface area contributed by atoms with Crippen molar-refractivity contribution in [3.8, 4) is 5.75 Å². The highest BCUT2D eigenvalue weighted by Gasteiger charge is 2.33. The Morgan fingerprint density at radius 1 is 0.880 bits per heavy atom. The summed E-state index contributed by atoms with van der Waals surface area (Å²) in [4.78, 5) is 4.85. The van der Waals surface area contributed by atoms with E-state index in [1.54, 1.807) is 7.11 Å². The summed E-state index contributed by atoms with van der Waals surface area (Å²) in [5.74, 6) is 0.933. The van der Waals surface area contributed by atoms with Gasteiger partial charge in [-0.25, -0.2) is 0 Å². The highest BCUT2D eigenvalue weighted by atomic mass is 16.5. The van der Waals surface area contributed by atoms with E-state index in [0.29, 0.717) is 0 Å². The molecule has 2 atom stereocenters. The van der Waals surface area contributed by atoms with Crippen molar-refractivity contribution in [3.05, 3.63) is 59.7 Å². The monoisotopic (exact) mass is 338 g/mol. The number of para-hydroxylation sites is 2. The number of fused-ring (bicyclic) bond motifs is 1. The van der Waals surface area contributed by atoms with Crippen LogP contribution in [0.3, 0.4) is 0 Å². The lowest BCUT2D eigenvalue weighted by atomic mass is 9.85. The van der Waals surface area contributed by atoms with Gasteiger partial charge in [-0.15, -0.1) is 0 Å². The molecule has 0 bridgehead atoms. The summed E-state index contributed by atoms with van der Waals surface area (Å²) in [6, 6.07) is 17.0. The van der Waals surface area contributed by atoms with E-state index in [1.165, 1.54) is 16.8 Å². The Hall–Kier alpha value is -2.04. The van der Waals surface area contributed by atoms with Gasteiger partial charge in [0.1, 0.15) is 5.75 Å². The predicted molar refractivity (Wildman–Crippen MR) is 100 cm³/mol. The highest BCUT2D eigenvalue weighted by molar-refractivity contribution is 5.58. The van der Waals surface area contributed by atoms with Gasteiger partial charge in [-0.05, 0) is 29.7 Å². The van der Waals surface area contributed by atoms with Crippen molar-refractivity contribution in [1.29, 1.82) is 0 Å². The smallest absolute Gasteiger partial charge is 0.142 e. The van der Waals surface area contributed by atoms with Gasteiger partial charge in [-0.1, -0.05) is 36.4 Å². The van der Waals surface area contributed by atoms with E-state index >= 15 is 0 Å². The summed E-state index contributed by atoms with van der Waals surface area (Å²) in [6.45, 7) is 3.88. The SMILES string of the molecule is COc1ccccc1N1CCN([C@H]2Cc3ccccc3C[C@@H]2O)CC1. The number of methoxy groups -OCH3 is 1. The first-order valence-electron chi connectivity index (χ1n) is 9.13. The van der Waals surface area contributed by atoms with Crippen LogP contribution in [0.15, 0.2) is 48.5 Å². The Balaban J connectivity index is 1.44. The summed E-state index contributed by atoms with van der Waals surface area (Å²) in [5.41, 5.74) is 3.86. The number of hydrogen-bond acceptors (Lipinski definition) is 4. The molecule has 4 nitrogen and oxygen atoms in total. The van der Waals surface area contributed by atoms with Gasteiger partial charge in [-0.2, -0.15) is 0 Å². The minimum Gasteiger partial charge on any atom is -0.495 e. The van der Waals surface area contributed by atoms with Crippen LogP contribution in [0.25, 0.3) is 0 Å². The minimum absolute atomic E-state index is 0.231. The number of ether oxygens (including phenoxy) is 1. The Labute approximate surface area is 149 Å². The van der Waals surface area contributed by atoms with E-state index in [1.807, 2.05) is 12.1 Å². The summed E-state index contributed by atoms with van der Waals surface area (Å²) in [5, 5.41) is 10.7. The topological polar surface area (TPSA) is 35.9 Å². The maximum atomic E-state index is 10.7. The number of piperazine rings is 1. The fourth-order valence-electron chi connectivity index (χ4n) is 4.24. The third-order valence-corrected chi connectivity index (χ3v) is 5.63. The van der Waals surface area contributed by atoms with E-state index in [2.05, 4.69) is 46.2 Å². The van der Waals surface area contributed by atoms with Gasteiger partial charge in [0.15, 0.2) is 0 Å². The fraction of sp³-hybridized carbons (Fsp3) is 0.429. The molecule has 0 saturated carbocycles. The molecule has 1 N–H and O–H groups in total. The second kappa shape index (κ2) is 7.06. The second-order valence-electron chi connectivity index (χ2n) is 7.01. The highest BCUT2D eigenvalue weighted by Crippen LogP contribution is 2.30. The molecule has 0 aromatic heterocycles. The third-order valence-electron chi connectivity index (χ3n) is 5.63. The molecule has 1 saturated heterocycles. The van der Waals surface area contributed by atoms with Crippen molar-refractivity contribution in [3.63, 3.8) is 0 Å². The molecule has 1 aliphatic carbocycles.